The summed E-state index contributed by atoms with van der Waals surface area (Å²) in [4.78, 5) is 22.6. The molecule has 3 atom stereocenters. The summed E-state index contributed by atoms with van der Waals surface area (Å²) in [5.41, 5.74) is 0.391. The predicted octanol–water partition coefficient (Wildman–Crippen LogP) is 4.09. The molecule has 0 spiro atoms. The Morgan fingerprint density at radius 3 is 2.76 bits per heavy atom. The van der Waals surface area contributed by atoms with Crippen molar-refractivity contribution in [1.82, 2.24) is 15.2 Å². The van der Waals surface area contributed by atoms with Crippen LogP contribution in [0.5, 0.6) is 0 Å². The molecular weight excluding hydrogens is 436 g/mol. The summed E-state index contributed by atoms with van der Waals surface area (Å²) in [6.45, 7) is 2.20. The number of aliphatic hydroxyl groups is 1. The first-order valence-electron chi connectivity index (χ1n) is 12.3. The number of halogens is 1. The van der Waals surface area contributed by atoms with Gasteiger partial charge in [-0.1, -0.05) is 18.0 Å². The van der Waals surface area contributed by atoms with Crippen LogP contribution >= 0.6 is 11.6 Å². The van der Waals surface area contributed by atoms with Gasteiger partial charge in [-0.05, 0) is 88.7 Å². The van der Waals surface area contributed by atoms with Gasteiger partial charge in [-0.25, -0.2) is 4.98 Å². The van der Waals surface area contributed by atoms with E-state index >= 15 is 0 Å². The minimum absolute atomic E-state index is 0.240. The average molecular weight is 471 g/mol. The molecule has 0 bridgehead atoms. The Hall–Kier alpha value is -1.89. The number of nitrogens with zero attached hydrogens (tertiary/aromatic N) is 3. The second-order valence-corrected chi connectivity index (χ2v) is 11.0. The van der Waals surface area contributed by atoms with Crippen LogP contribution in [0.25, 0.3) is 10.9 Å². The van der Waals surface area contributed by atoms with E-state index in [2.05, 4.69) is 29.2 Å². The molecule has 3 fully saturated rings. The van der Waals surface area contributed by atoms with Crippen molar-refractivity contribution >= 4 is 34.2 Å². The van der Waals surface area contributed by atoms with Gasteiger partial charge in [0.1, 0.15) is 5.82 Å². The molecule has 0 radical (unpaired) electrons. The molecule has 7 heteroatoms. The fourth-order valence-electron chi connectivity index (χ4n) is 5.79. The molecule has 5 rings (SSSR count). The van der Waals surface area contributed by atoms with E-state index in [-0.39, 0.29) is 12.5 Å². The Morgan fingerprint density at radius 2 is 2.03 bits per heavy atom. The van der Waals surface area contributed by atoms with Crippen molar-refractivity contribution in [2.75, 3.05) is 38.6 Å². The van der Waals surface area contributed by atoms with Crippen LogP contribution < -0.4 is 10.2 Å². The molecule has 2 N–H and O–H groups in total. The van der Waals surface area contributed by atoms with E-state index in [0.29, 0.717) is 22.5 Å². The van der Waals surface area contributed by atoms with Gasteiger partial charge in [0.2, 0.25) is 0 Å². The van der Waals surface area contributed by atoms with Gasteiger partial charge in [-0.15, -0.1) is 0 Å². The van der Waals surface area contributed by atoms with Gasteiger partial charge in [-0.3, -0.25) is 4.79 Å². The highest BCUT2D eigenvalue weighted by atomic mass is 35.5. The van der Waals surface area contributed by atoms with Gasteiger partial charge < -0.3 is 20.2 Å². The van der Waals surface area contributed by atoms with Crippen LogP contribution in [-0.4, -0.2) is 66.3 Å². The third kappa shape index (κ3) is 4.84. The Balaban J connectivity index is 1.32. The Labute approximate surface area is 201 Å². The molecule has 6 nitrogen and oxygen atoms in total. The van der Waals surface area contributed by atoms with E-state index in [1.54, 1.807) is 6.07 Å². The number of rotatable bonds is 6. The lowest BCUT2D eigenvalue weighted by molar-refractivity contribution is -0.0178. The monoisotopic (exact) mass is 470 g/mol. The molecule has 2 aromatic rings. The fourth-order valence-corrected chi connectivity index (χ4v) is 6.04. The van der Waals surface area contributed by atoms with Crippen molar-refractivity contribution in [3.8, 4) is 0 Å². The van der Waals surface area contributed by atoms with Crippen molar-refractivity contribution < 1.29 is 9.90 Å². The highest BCUT2D eigenvalue weighted by Gasteiger charge is 2.41. The van der Waals surface area contributed by atoms with E-state index in [9.17, 15) is 9.90 Å². The largest absolute Gasteiger partial charge is 0.388 e. The maximum Gasteiger partial charge on any atom is 0.253 e. The van der Waals surface area contributed by atoms with Crippen molar-refractivity contribution in [2.45, 2.75) is 56.6 Å². The molecule has 1 amide bonds. The second-order valence-electron chi connectivity index (χ2n) is 10.6. The Kier molecular flexibility index (Phi) is 6.27. The zero-order valence-electron chi connectivity index (χ0n) is 19.7. The van der Waals surface area contributed by atoms with E-state index in [0.717, 1.165) is 61.4 Å². The number of anilines is 1. The zero-order valence-corrected chi connectivity index (χ0v) is 20.4. The number of hydrogen-bond donors (Lipinski definition) is 2. The minimum atomic E-state index is -0.817. The van der Waals surface area contributed by atoms with Crippen LogP contribution in [0.1, 0.15) is 55.3 Å². The third-order valence-electron chi connectivity index (χ3n) is 7.98. The number of amides is 1. The first-order valence-corrected chi connectivity index (χ1v) is 12.7. The molecule has 3 unspecified atom stereocenters. The summed E-state index contributed by atoms with van der Waals surface area (Å²) in [6, 6.07) is 8.11. The molecule has 2 saturated carbocycles. The minimum Gasteiger partial charge on any atom is -0.388 e. The molecule has 1 saturated heterocycles. The number of fused-ring (bicyclic) bond motifs is 1. The van der Waals surface area contributed by atoms with Crippen LogP contribution in [0.4, 0.5) is 5.82 Å². The van der Waals surface area contributed by atoms with E-state index in [1.807, 2.05) is 18.2 Å². The van der Waals surface area contributed by atoms with Gasteiger partial charge >= 0.3 is 0 Å². The van der Waals surface area contributed by atoms with Crippen molar-refractivity contribution in [3.63, 3.8) is 0 Å². The summed E-state index contributed by atoms with van der Waals surface area (Å²) < 4.78 is 0. The molecule has 1 aromatic heterocycles. The number of benzene rings is 1. The quantitative estimate of drug-likeness (QED) is 0.665. The van der Waals surface area contributed by atoms with E-state index in [4.69, 9.17) is 16.6 Å². The van der Waals surface area contributed by atoms with Gasteiger partial charge in [0.15, 0.2) is 0 Å². The number of carbonyl (C=O) groups is 1. The lowest BCUT2D eigenvalue weighted by atomic mass is 9.76. The van der Waals surface area contributed by atoms with E-state index in [1.165, 1.54) is 19.3 Å². The summed E-state index contributed by atoms with van der Waals surface area (Å²) in [7, 11) is 4.23. The molecule has 2 aliphatic carbocycles. The van der Waals surface area contributed by atoms with Crippen LogP contribution in [0.15, 0.2) is 24.3 Å². The molecular formula is C26H35ClN4O2. The number of likely N-dealkylation sites (N-methyl/N-ethyl adjacent to an activating group) is 1. The van der Waals surface area contributed by atoms with Crippen molar-refractivity contribution in [2.24, 2.45) is 11.8 Å². The molecule has 33 heavy (non-hydrogen) atoms. The normalized spacial score (nSPS) is 28.0. The molecule has 3 aliphatic rings. The molecule has 1 aromatic carbocycles. The van der Waals surface area contributed by atoms with E-state index < -0.39 is 5.60 Å². The maximum absolute atomic E-state index is 13.2. The van der Waals surface area contributed by atoms with Crippen LogP contribution in [0, 0.1) is 11.8 Å². The number of aromatic nitrogens is 1. The SMILES string of the molecule is CN(C)C1CCN(c2ccc3c(C(=O)NCC4(O)CCCC(C5CC5)C4)c(Cl)ccc3n2)C1. The first-order chi connectivity index (χ1) is 15.8. The van der Waals surface area contributed by atoms with Gasteiger partial charge in [-0.2, -0.15) is 0 Å². The van der Waals surface area contributed by atoms with Gasteiger partial charge in [0.05, 0.1) is 21.7 Å². The highest BCUT2D eigenvalue weighted by Crippen LogP contribution is 2.46. The molecule has 1 aliphatic heterocycles. The number of hydrogen-bond acceptors (Lipinski definition) is 5. The average Bonchev–Trinajstić information content (AvgIpc) is 3.53. The summed E-state index contributed by atoms with van der Waals surface area (Å²) in [5, 5.41) is 15.3. The zero-order chi connectivity index (χ0) is 23.2. The molecule has 178 valence electrons. The lowest BCUT2D eigenvalue weighted by Crippen LogP contribution is -2.46. The number of carbonyl (C=O) groups excluding carboxylic acids is 1. The van der Waals surface area contributed by atoms with Crippen LogP contribution in [0.3, 0.4) is 0 Å². The standard InChI is InChI=1S/C26H35ClN4O2/c1-30(2)19-11-13-31(15-19)23-10-7-20-22(29-23)9-8-21(27)24(20)25(32)28-16-26(33)12-3-4-18(14-26)17-5-6-17/h7-10,17-19,33H,3-6,11-16H2,1-2H3,(H,28,32). The lowest BCUT2D eigenvalue weighted by Gasteiger charge is -2.37. The first kappa shape index (κ1) is 22.9. The highest BCUT2D eigenvalue weighted by molar-refractivity contribution is 6.35. The summed E-state index contributed by atoms with van der Waals surface area (Å²) >= 11 is 6.48. The van der Waals surface area contributed by atoms with Crippen molar-refractivity contribution in [1.29, 1.82) is 0 Å². The van der Waals surface area contributed by atoms with Crippen LogP contribution in [-0.2, 0) is 0 Å². The number of pyridine rings is 1. The Bertz CT molecular complexity index is 1040. The molecule has 2 heterocycles. The Morgan fingerprint density at radius 1 is 1.21 bits per heavy atom. The predicted molar refractivity (Wildman–Crippen MR) is 133 cm³/mol. The maximum atomic E-state index is 13.2. The van der Waals surface area contributed by atoms with Crippen LogP contribution in [0.2, 0.25) is 5.02 Å². The number of nitrogens with one attached hydrogen (secondary N) is 1. The fraction of sp³-hybridized carbons (Fsp3) is 0.615. The van der Waals surface area contributed by atoms with Crippen molar-refractivity contribution in [3.05, 3.63) is 34.9 Å². The second kappa shape index (κ2) is 9.05. The summed E-state index contributed by atoms with van der Waals surface area (Å²) in [5.74, 6) is 2.07. The van der Waals surface area contributed by atoms with Gasteiger partial charge in [0.25, 0.3) is 5.91 Å². The summed E-state index contributed by atoms with van der Waals surface area (Å²) in [6.07, 6.45) is 7.47. The third-order valence-corrected chi connectivity index (χ3v) is 8.29. The smallest absolute Gasteiger partial charge is 0.253 e. The van der Waals surface area contributed by atoms with Gasteiger partial charge in [0, 0.05) is 31.1 Å². The topological polar surface area (TPSA) is 68.7 Å².